The van der Waals surface area contributed by atoms with E-state index < -0.39 is 0 Å². The van der Waals surface area contributed by atoms with Crippen molar-refractivity contribution in [2.45, 2.75) is 46.0 Å². The topological polar surface area (TPSA) is 18.5 Å². The normalized spacial score (nSPS) is 18.4. The molecule has 0 amide bonds. The summed E-state index contributed by atoms with van der Waals surface area (Å²) in [5.74, 6) is 0. The van der Waals surface area contributed by atoms with Crippen molar-refractivity contribution in [1.82, 2.24) is 0 Å². The van der Waals surface area contributed by atoms with Gasteiger partial charge >= 0.3 is 0 Å². The Morgan fingerprint density at radius 1 is 0.714 bits per heavy atom. The van der Waals surface area contributed by atoms with Crippen molar-refractivity contribution in [3.05, 3.63) is 0 Å². The summed E-state index contributed by atoms with van der Waals surface area (Å²) >= 11 is 0. The number of ether oxygens (including phenoxy) is 2. The van der Waals surface area contributed by atoms with Crippen LogP contribution in [0.4, 0.5) is 0 Å². The Hall–Kier alpha value is 0.517. The fourth-order valence-electron chi connectivity index (χ4n) is 1.02. The minimum Gasteiger partial charge on any atom is -0.381 e. The van der Waals surface area contributed by atoms with Crippen LogP contribution in [-0.2, 0) is 9.47 Å². The van der Waals surface area contributed by atoms with Crippen LogP contribution in [0.5, 0.6) is 0 Å². The summed E-state index contributed by atoms with van der Waals surface area (Å²) in [5, 5.41) is 0. The van der Waals surface area contributed by atoms with Crippen molar-refractivity contribution in [2.75, 3.05) is 26.4 Å². The van der Waals surface area contributed by atoms with Crippen molar-refractivity contribution < 1.29 is 9.47 Å². The van der Waals surface area contributed by atoms with Crippen molar-refractivity contribution in [3.8, 4) is 0 Å². The second-order valence-electron chi connectivity index (χ2n) is 3.35. The molecule has 0 aromatic rings. The van der Waals surface area contributed by atoms with Gasteiger partial charge in [-0.3, -0.25) is 0 Å². The van der Waals surface area contributed by atoms with Gasteiger partial charge in [0.2, 0.25) is 0 Å². The van der Waals surface area contributed by atoms with Crippen LogP contribution in [-0.4, -0.2) is 45.3 Å². The van der Waals surface area contributed by atoms with E-state index in [9.17, 15) is 0 Å². The van der Waals surface area contributed by atoms with Gasteiger partial charge < -0.3 is 9.47 Å². The van der Waals surface area contributed by atoms with Gasteiger partial charge in [-0.2, -0.15) is 0 Å². The molecule has 81 valence electrons. The molecular weight excluding hydrogens is 171 g/mol. The number of hydrogen-bond acceptors (Lipinski definition) is 2. The molecule has 2 aliphatic heterocycles. The smallest absolute Gasteiger partial charge is 0.0466 e. The van der Waals surface area contributed by atoms with E-state index in [1.807, 2.05) is 0 Å². The van der Waals surface area contributed by atoms with E-state index in [1.54, 1.807) is 0 Å². The second kappa shape index (κ2) is 16.0. The molecule has 2 rings (SSSR count). The molecule has 0 aromatic heterocycles. The molecule has 2 nitrogen and oxygen atoms in total. The van der Waals surface area contributed by atoms with E-state index in [0.29, 0.717) is 0 Å². The fraction of sp³-hybridized carbons (Fsp3) is 1.00. The molecular formula is C11H24LiO2. The van der Waals surface area contributed by atoms with Gasteiger partial charge in [-0.15, -0.1) is 0 Å². The van der Waals surface area contributed by atoms with Gasteiger partial charge in [-0.25, -0.2) is 0 Å². The molecule has 2 fully saturated rings. The fourth-order valence-corrected chi connectivity index (χ4v) is 1.02. The first-order valence-corrected chi connectivity index (χ1v) is 5.57. The van der Waals surface area contributed by atoms with Gasteiger partial charge in [-0.05, 0) is 25.7 Å². The maximum atomic E-state index is 4.94. The Bertz CT molecular complexity index is 56.1. The number of rotatable bonds is 0. The van der Waals surface area contributed by atoms with E-state index >= 15 is 0 Å². The van der Waals surface area contributed by atoms with Crippen molar-refractivity contribution in [1.29, 1.82) is 0 Å². The summed E-state index contributed by atoms with van der Waals surface area (Å²) < 4.78 is 9.89. The van der Waals surface area contributed by atoms with Crippen LogP contribution >= 0.6 is 0 Å². The van der Waals surface area contributed by atoms with Gasteiger partial charge in [-0.1, -0.05) is 20.3 Å². The van der Waals surface area contributed by atoms with Crippen LogP contribution < -0.4 is 0 Å². The Morgan fingerprint density at radius 2 is 0.929 bits per heavy atom. The Labute approximate surface area is 101 Å². The molecule has 0 N–H and O–H groups in total. The predicted molar refractivity (Wildman–Crippen MR) is 61.8 cm³/mol. The average Bonchev–Trinajstić information content (AvgIpc) is 2.85. The molecule has 2 saturated heterocycles. The molecule has 0 aromatic carbocycles. The molecule has 0 atom stereocenters. The van der Waals surface area contributed by atoms with Gasteiger partial charge in [0.25, 0.3) is 0 Å². The number of hydrogen-bond donors (Lipinski definition) is 0. The predicted octanol–water partition coefficient (Wildman–Crippen LogP) is 2.63. The summed E-state index contributed by atoms with van der Waals surface area (Å²) in [6, 6.07) is 0. The quantitative estimate of drug-likeness (QED) is 0.553. The van der Waals surface area contributed by atoms with Crippen LogP contribution in [0.3, 0.4) is 0 Å². The standard InChI is InChI=1S/2C4H8O.C3H8.Li/c2*1-2-4-5-3-1;1-3-2;/h2*1-4H2;3H2,1-2H3;. The zero-order chi connectivity index (χ0) is 9.78. The van der Waals surface area contributed by atoms with E-state index in [1.165, 1.54) is 32.1 Å². The third kappa shape index (κ3) is 15.0. The molecule has 0 aliphatic carbocycles. The molecule has 14 heavy (non-hydrogen) atoms. The molecule has 0 saturated carbocycles. The maximum Gasteiger partial charge on any atom is 0.0466 e. The van der Waals surface area contributed by atoms with Crippen molar-refractivity contribution in [2.24, 2.45) is 0 Å². The van der Waals surface area contributed by atoms with Gasteiger partial charge in [0.05, 0.1) is 0 Å². The molecule has 2 aliphatic rings. The van der Waals surface area contributed by atoms with Gasteiger partial charge in [0, 0.05) is 45.3 Å². The first-order valence-electron chi connectivity index (χ1n) is 5.57. The molecule has 1 radical (unpaired) electrons. The van der Waals surface area contributed by atoms with E-state index in [2.05, 4.69) is 13.8 Å². The van der Waals surface area contributed by atoms with Crippen molar-refractivity contribution >= 4 is 18.9 Å². The second-order valence-corrected chi connectivity index (χ2v) is 3.35. The van der Waals surface area contributed by atoms with E-state index in [0.717, 1.165) is 26.4 Å². The SMILES string of the molecule is C1CCOC1.C1CCOC1.CCC.[Li]. The monoisotopic (exact) mass is 195 g/mol. The minimum atomic E-state index is 0. The third-order valence-electron chi connectivity index (χ3n) is 1.65. The zero-order valence-corrected chi connectivity index (χ0v) is 10.2. The molecule has 0 spiro atoms. The Morgan fingerprint density at radius 3 is 1.00 bits per heavy atom. The summed E-state index contributed by atoms with van der Waals surface area (Å²) in [6.07, 6.45) is 6.36. The maximum absolute atomic E-state index is 4.94. The van der Waals surface area contributed by atoms with Gasteiger partial charge in [0.15, 0.2) is 0 Å². The summed E-state index contributed by atoms with van der Waals surface area (Å²) in [4.78, 5) is 0. The third-order valence-corrected chi connectivity index (χ3v) is 1.65. The summed E-state index contributed by atoms with van der Waals surface area (Å²) in [6.45, 7) is 8.25. The molecule has 0 unspecified atom stereocenters. The van der Waals surface area contributed by atoms with Gasteiger partial charge in [0.1, 0.15) is 0 Å². The largest absolute Gasteiger partial charge is 0.381 e. The molecule has 3 heteroatoms. The van der Waals surface area contributed by atoms with Crippen LogP contribution in [0.25, 0.3) is 0 Å². The van der Waals surface area contributed by atoms with Crippen LogP contribution in [0, 0.1) is 0 Å². The van der Waals surface area contributed by atoms with E-state index in [-0.39, 0.29) is 18.9 Å². The molecule has 0 bridgehead atoms. The molecule has 2 heterocycles. The van der Waals surface area contributed by atoms with Crippen molar-refractivity contribution in [3.63, 3.8) is 0 Å². The van der Waals surface area contributed by atoms with E-state index in [4.69, 9.17) is 9.47 Å². The van der Waals surface area contributed by atoms with Crippen LogP contribution in [0.2, 0.25) is 0 Å². The summed E-state index contributed by atoms with van der Waals surface area (Å²) in [5.41, 5.74) is 0. The zero-order valence-electron chi connectivity index (χ0n) is 10.2. The minimum absolute atomic E-state index is 0. The van der Waals surface area contributed by atoms with Crippen LogP contribution in [0.1, 0.15) is 46.0 Å². The first kappa shape index (κ1) is 16.9. The van der Waals surface area contributed by atoms with Crippen LogP contribution in [0.15, 0.2) is 0 Å². The average molecular weight is 195 g/mol. The first-order chi connectivity index (χ1) is 6.41. The Kier molecular flexibility index (Phi) is 19.3. The summed E-state index contributed by atoms with van der Waals surface area (Å²) in [7, 11) is 0. The Balaban J connectivity index is 0.